The summed E-state index contributed by atoms with van der Waals surface area (Å²) in [6.45, 7) is 0.578. The minimum absolute atomic E-state index is 0.422. The maximum absolute atomic E-state index is 5.57. The summed E-state index contributed by atoms with van der Waals surface area (Å²) in [4.78, 5) is 7.84. The molecule has 1 aromatic rings. The lowest BCUT2D eigenvalue weighted by molar-refractivity contribution is 0.908. The Balaban J connectivity index is 2.75. The van der Waals surface area contributed by atoms with Crippen molar-refractivity contribution in [1.82, 2.24) is 9.97 Å². The molecular formula is C6H8ClN3. The van der Waals surface area contributed by atoms with Crippen molar-refractivity contribution in [3.63, 3.8) is 0 Å². The van der Waals surface area contributed by atoms with E-state index in [4.69, 9.17) is 17.3 Å². The largest absolute Gasteiger partial charge is 0.330 e. The summed E-state index contributed by atoms with van der Waals surface area (Å²) in [6, 6.07) is 0. The van der Waals surface area contributed by atoms with Crippen LogP contribution in [0, 0.1) is 0 Å². The van der Waals surface area contributed by atoms with Crippen LogP contribution in [0.3, 0.4) is 0 Å². The van der Waals surface area contributed by atoms with E-state index in [9.17, 15) is 0 Å². The van der Waals surface area contributed by atoms with E-state index in [0.717, 1.165) is 12.1 Å². The SMILES string of the molecule is NCCc1cncc(Cl)n1. The molecule has 3 nitrogen and oxygen atoms in total. The molecule has 0 saturated heterocycles. The van der Waals surface area contributed by atoms with Gasteiger partial charge in [0.05, 0.1) is 11.9 Å². The van der Waals surface area contributed by atoms with Crippen molar-refractivity contribution in [1.29, 1.82) is 0 Å². The summed E-state index contributed by atoms with van der Waals surface area (Å²) < 4.78 is 0. The molecule has 4 heteroatoms. The van der Waals surface area contributed by atoms with Crippen LogP contribution in [-0.2, 0) is 6.42 Å². The summed E-state index contributed by atoms with van der Waals surface area (Å²) in [5.41, 5.74) is 6.14. The number of halogens is 1. The van der Waals surface area contributed by atoms with Crippen LogP contribution in [0.4, 0.5) is 0 Å². The molecule has 0 aliphatic carbocycles. The van der Waals surface area contributed by atoms with Crippen LogP contribution in [0.15, 0.2) is 12.4 Å². The monoisotopic (exact) mass is 157 g/mol. The van der Waals surface area contributed by atoms with Crippen LogP contribution in [0.1, 0.15) is 5.69 Å². The van der Waals surface area contributed by atoms with Gasteiger partial charge in [-0.2, -0.15) is 0 Å². The molecule has 0 radical (unpaired) electrons. The minimum atomic E-state index is 0.422. The lowest BCUT2D eigenvalue weighted by atomic mass is 10.3. The summed E-state index contributed by atoms with van der Waals surface area (Å²) in [7, 11) is 0. The average Bonchev–Trinajstić information content (AvgIpc) is 1.88. The summed E-state index contributed by atoms with van der Waals surface area (Å²) in [6.07, 6.45) is 3.90. The van der Waals surface area contributed by atoms with Gasteiger partial charge in [0.25, 0.3) is 0 Å². The van der Waals surface area contributed by atoms with Crippen molar-refractivity contribution in [2.75, 3.05) is 6.54 Å². The molecule has 1 rings (SSSR count). The van der Waals surface area contributed by atoms with E-state index in [0.29, 0.717) is 11.7 Å². The van der Waals surface area contributed by atoms with E-state index in [1.165, 1.54) is 6.20 Å². The standard InChI is InChI=1S/C6H8ClN3/c7-6-4-9-3-5(10-6)1-2-8/h3-4H,1-2,8H2. The Kier molecular flexibility index (Phi) is 2.59. The van der Waals surface area contributed by atoms with E-state index in [-0.39, 0.29) is 0 Å². The third kappa shape index (κ3) is 1.93. The molecule has 0 bridgehead atoms. The highest BCUT2D eigenvalue weighted by Gasteiger charge is 1.93. The molecule has 0 aliphatic rings. The third-order valence-electron chi connectivity index (χ3n) is 1.06. The van der Waals surface area contributed by atoms with Crippen molar-refractivity contribution < 1.29 is 0 Å². The first-order chi connectivity index (χ1) is 4.83. The van der Waals surface area contributed by atoms with E-state index >= 15 is 0 Å². The Morgan fingerprint density at radius 3 is 2.90 bits per heavy atom. The Labute approximate surface area is 64.2 Å². The molecule has 0 unspecified atom stereocenters. The number of rotatable bonds is 2. The zero-order chi connectivity index (χ0) is 7.40. The first-order valence-electron chi connectivity index (χ1n) is 2.99. The fourth-order valence-electron chi connectivity index (χ4n) is 0.648. The fraction of sp³-hybridized carbons (Fsp3) is 0.333. The second-order valence-corrected chi connectivity index (χ2v) is 2.26. The Morgan fingerprint density at radius 2 is 2.30 bits per heavy atom. The second kappa shape index (κ2) is 3.49. The molecule has 0 atom stereocenters. The quantitative estimate of drug-likeness (QED) is 0.685. The van der Waals surface area contributed by atoms with Crippen molar-refractivity contribution in [3.05, 3.63) is 23.2 Å². The molecule has 0 spiro atoms. The minimum Gasteiger partial charge on any atom is -0.330 e. The Morgan fingerprint density at radius 1 is 1.50 bits per heavy atom. The smallest absolute Gasteiger partial charge is 0.147 e. The van der Waals surface area contributed by atoms with Gasteiger partial charge in [0, 0.05) is 12.6 Å². The predicted molar refractivity (Wildman–Crippen MR) is 39.8 cm³/mol. The number of nitrogens with zero attached hydrogens (tertiary/aromatic N) is 2. The van der Waals surface area contributed by atoms with Gasteiger partial charge in [0.2, 0.25) is 0 Å². The maximum Gasteiger partial charge on any atom is 0.147 e. The van der Waals surface area contributed by atoms with E-state index in [1.807, 2.05) is 0 Å². The zero-order valence-corrected chi connectivity index (χ0v) is 6.17. The highest BCUT2D eigenvalue weighted by Crippen LogP contribution is 2.01. The van der Waals surface area contributed by atoms with Gasteiger partial charge in [0.1, 0.15) is 5.15 Å². The van der Waals surface area contributed by atoms with E-state index < -0.39 is 0 Å². The van der Waals surface area contributed by atoms with Gasteiger partial charge in [-0.3, -0.25) is 4.98 Å². The van der Waals surface area contributed by atoms with Gasteiger partial charge < -0.3 is 5.73 Å². The van der Waals surface area contributed by atoms with Crippen molar-refractivity contribution in [2.45, 2.75) is 6.42 Å². The van der Waals surface area contributed by atoms with Gasteiger partial charge >= 0.3 is 0 Å². The van der Waals surface area contributed by atoms with Gasteiger partial charge in [-0.25, -0.2) is 4.98 Å². The summed E-state index contributed by atoms with van der Waals surface area (Å²) in [5, 5.41) is 0.422. The van der Waals surface area contributed by atoms with Crippen LogP contribution in [0.25, 0.3) is 0 Å². The summed E-state index contributed by atoms with van der Waals surface area (Å²) >= 11 is 5.57. The number of hydrogen-bond acceptors (Lipinski definition) is 3. The molecule has 0 amide bonds. The van der Waals surface area contributed by atoms with Crippen molar-refractivity contribution in [2.24, 2.45) is 5.73 Å². The molecule has 0 aromatic carbocycles. The van der Waals surface area contributed by atoms with Crippen molar-refractivity contribution in [3.8, 4) is 0 Å². The lowest BCUT2D eigenvalue weighted by Gasteiger charge is -1.95. The van der Waals surface area contributed by atoms with E-state index in [2.05, 4.69) is 9.97 Å². The molecule has 54 valence electrons. The van der Waals surface area contributed by atoms with Crippen LogP contribution < -0.4 is 5.73 Å². The number of nitrogens with two attached hydrogens (primary N) is 1. The zero-order valence-electron chi connectivity index (χ0n) is 5.42. The van der Waals surface area contributed by atoms with Gasteiger partial charge in [-0.15, -0.1) is 0 Å². The molecule has 0 aliphatic heterocycles. The maximum atomic E-state index is 5.57. The molecule has 1 aromatic heterocycles. The van der Waals surface area contributed by atoms with Crippen LogP contribution in [0.2, 0.25) is 5.15 Å². The highest BCUT2D eigenvalue weighted by molar-refractivity contribution is 6.29. The normalized spacial score (nSPS) is 9.80. The topological polar surface area (TPSA) is 51.8 Å². The van der Waals surface area contributed by atoms with Crippen molar-refractivity contribution >= 4 is 11.6 Å². The van der Waals surface area contributed by atoms with Crippen LogP contribution in [-0.4, -0.2) is 16.5 Å². The van der Waals surface area contributed by atoms with Gasteiger partial charge in [0.15, 0.2) is 0 Å². The first kappa shape index (κ1) is 7.44. The van der Waals surface area contributed by atoms with Crippen LogP contribution in [0.5, 0.6) is 0 Å². The number of aromatic nitrogens is 2. The lowest BCUT2D eigenvalue weighted by Crippen LogP contribution is -2.04. The summed E-state index contributed by atoms with van der Waals surface area (Å²) in [5.74, 6) is 0. The Bertz CT molecular complexity index is 214. The van der Waals surface area contributed by atoms with E-state index in [1.54, 1.807) is 6.20 Å². The molecular weight excluding hydrogens is 150 g/mol. The van der Waals surface area contributed by atoms with Crippen LogP contribution >= 0.6 is 11.6 Å². The van der Waals surface area contributed by atoms with Gasteiger partial charge in [-0.1, -0.05) is 11.6 Å². The predicted octanol–water partition coefficient (Wildman–Crippen LogP) is 0.631. The highest BCUT2D eigenvalue weighted by atomic mass is 35.5. The number of hydrogen-bond donors (Lipinski definition) is 1. The average molecular weight is 158 g/mol. The fourth-order valence-corrected chi connectivity index (χ4v) is 0.813. The molecule has 0 fully saturated rings. The van der Waals surface area contributed by atoms with Gasteiger partial charge in [-0.05, 0) is 6.54 Å². The molecule has 1 heterocycles. The second-order valence-electron chi connectivity index (χ2n) is 1.87. The molecule has 10 heavy (non-hydrogen) atoms. The molecule has 0 saturated carbocycles. The third-order valence-corrected chi connectivity index (χ3v) is 1.24. The Hall–Kier alpha value is -0.670. The molecule has 2 N–H and O–H groups in total. The first-order valence-corrected chi connectivity index (χ1v) is 3.37.